The number of anilines is 1. The summed E-state index contributed by atoms with van der Waals surface area (Å²) < 4.78 is 10.3. The lowest BCUT2D eigenvalue weighted by molar-refractivity contribution is -0.153. The van der Waals surface area contributed by atoms with Crippen LogP contribution in [0, 0.1) is 0 Å². The third kappa shape index (κ3) is 6.67. The Bertz CT molecular complexity index is 781. The Morgan fingerprint density at radius 1 is 1.26 bits per heavy atom. The van der Waals surface area contributed by atoms with Gasteiger partial charge in [0.05, 0.1) is 0 Å². The van der Waals surface area contributed by atoms with Gasteiger partial charge in [-0.15, -0.1) is 0 Å². The van der Waals surface area contributed by atoms with E-state index in [1.165, 1.54) is 6.92 Å². The van der Waals surface area contributed by atoms with Crippen molar-refractivity contribution in [3.63, 3.8) is 0 Å². The van der Waals surface area contributed by atoms with Gasteiger partial charge in [0.25, 0.3) is 5.91 Å². The van der Waals surface area contributed by atoms with Crippen molar-refractivity contribution in [2.45, 2.75) is 58.5 Å². The number of esters is 1. The summed E-state index contributed by atoms with van der Waals surface area (Å²) in [5, 5.41) is 7.18. The average molecular weight is 394 g/mol. The van der Waals surface area contributed by atoms with E-state index in [0.29, 0.717) is 35.3 Å². The first-order chi connectivity index (χ1) is 12.6. The zero-order chi connectivity index (χ0) is 20.0. The number of halogens is 1. The van der Waals surface area contributed by atoms with Gasteiger partial charge >= 0.3 is 5.97 Å². The molecule has 2 rings (SSSR count). The maximum Gasteiger partial charge on any atom is 0.306 e. The van der Waals surface area contributed by atoms with E-state index in [-0.39, 0.29) is 11.8 Å². The quantitative estimate of drug-likeness (QED) is 0.716. The highest BCUT2D eigenvalue weighted by atomic mass is 35.5. The number of carbonyl (C=O) groups excluding carboxylic acids is 2. The molecule has 0 aliphatic rings. The lowest BCUT2D eigenvalue weighted by Gasteiger charge is -2.13. The number of aromatic nitrogens is 2. The molecule has 0 radical (unpaired) electrons. The van der Waals surface area contributed by atoms with E-state index in [2.05, 4.69) is 15.5 Å². The van der Waals surface area contributed by atoms with Gasteiger partial charge in [-0.1, -0.05) is 37.5 Å². The number of carbonyl (C=O) groups is 2. The van der Waals surface area contributed by atoms with Gasteiger partial charge in [-0.3, -0.25) is 9.59 Å². The molecule has 0 bridgehead atoms. The standard InChI is InChI=1S/C19H24ClN3O4/c1-12(17(25)21-14-10-8-13(20)9-11-14)26-16(24)7-5-6-15-22-18(23-27-15)19(2,3)4/h8-12H,5-7H2,1-4H3,(H,21,25). The van der Waals surface area contributed by atoms with Crippen molar-refractivity contribution in [3.05, 3.63) is 41.0 Å². The molecule has 8 heteroatoms. The van der Waals surface area contributed by atoms with E-state index in [1.807, 2.05) is 20.8 Å². The Hall–Kier alpha value is -2.41. The van der Waals surface area contributed by atoms with Crippen molar-refractivity contribution < 1.29 is 18.8 Å². The zero-order valence-corrected chi connectivity index (χ0v) is 16.7. The number of nitrogens with zero attached hydrogens (tertiary/aromatic N) is 2. The number of hydrogen-bond acceptors (Lipinski definition) is 6. The molecule has 1 heterocycles. The van der Waals surface area contributed by atoms with Crippen LogP contribution < -0.4 is 5.32 Å². The highest BCUT2D eigenvalue weighted by molar-refractivity contribution is 6.30. The summed E-state index contributed by atoms with van der Waals surface area (Å²) in [7, 11) is 0. The largest absolute Gasteiger partial charge is 0.453 e. The molecule has 1 unspecified atom stereocenters. The molecule has 0 saturated heterocycles. The first kappa shape index (κ1) is 20.9. The second-order valence-corrected chi connectivity index (χ2v) is 7.68. The Morgan fingerprint density at radius 3 is 2.52 bits per heavy atom. The normalized spacial score (nSPS) is 12.5. The molecular weight excluding hydrogens is 370 g/mol. The first-order valence-electron chi connectivity index (χ1n) is 8.74. The summed E-state index contributed by atoms with van der Waals surface area (Å²) in [4.78, 5) is 28.3. The number of nitrogens with one attached hydrogen (secondary N) is 1. The van der Waals surface area contributed by atoms with Gasteiger partial charge in [-0.2, -0.15) is 4.98 Å². The highest BCUT2D eigenvalue weighted by Gasteiger charge is 2.21. The minimum absolute atomic E-state index is 0.159. The summed E-state index contributed by atoms with van der Waals surface area (Å²) in [5.41, 5.74) is 0.395. The number of aryl methyl sites for hydroxylation is 1. The molecule has 0 saturated carbocycles. The molecule has 0 aliphatic carbocycles. The maximum absolute atomic E-state index is 12.1. The van der Waals surface area contributed by atoms with Crippen molar-refractivity contribution in [3.8, 4) is 0 Å². The molecule has 0 spiro atoms. The van der Waals surface area contributed by atoms with Crippen LogP contribution in [0.2, 0.25) is 5.02 Å². The Morgan fingerprint density at radius 2 is 1.93 bits per heavy atom. The molecule has 7 nitrogen and oxygen atoms in total. The van der Waals surface area contributed by atoms with E-state index in [1.54, 1.807) is 24.3 Å². The van der Waals surface area contributed by atoms with Crippen LogP contribution in [0.25, 0.3) is 0 Å². The van der Waals surface area contributed by atoms with Gasteiger partial charge in [0.2, 0.25) is 5.89 Å². The van der Waals surface area contributed by atoms with E-state index < -0.39 is 18.0 Å². The Kier molecular flexibility index (Phi) is 6.96. The van der Waals surface area contributed by atoms with Crippen LogP contribution in [0.4, 0.5) is 5.69 Å². The van der Waals surface area contributed by atoms with Gasteiger partial charge in [0.15, 0.2) is 11.9 Å². The van der Waals surface area contributed by atoms with Crippen LogP contribution in [-0.2, 0) is 26.2 Å². The maximum atomic E-state index is 12.1. The van der Waals surface area contributed by atoms with Gasteiger partial charge < -0.3 is 14.6 Å². The lowest BCUT2D eigenvalue weighted by atomic mass is 9.96. The topological polar surface area (TPSA) is 94.3 Å². The van der Waals surface area contributed by atoms with Crippen molar-refractivity contribution in [2.75, 3.05) is 5.32 Å². The molecule has 0 fully saturated rings. The van der Waals surface area contributed by atoms with Crippen molar-refractivity contribution in [2.24, 2.45) is 0 Å². The summed E-state index contributed by atoms with van der Waals surface area (Å²) >= 11 is 5.80. The minimum atomic E-state index is -0.899. The van der Waals surface area contributed by atoms with E-state index in [9.17, 15) is 9.59 Å². The molecule has 1 N–H and O–H groups in total. The summed E-state index contributed by atoms with van der Waals surface area (Å²) in [6, 6.07) is 6.67. The second kappa shape index (κ2) is 8.99. The fraction of sp³-hybridized carbons (Fsp3) is 0.474. The number of hydrogen-bond donors (Lipinski definition) is 1. The second-order valence-electron chi connectivity index (χ2n) is 7.24. The molecule has 1 aromatic heterocycles. The number of amides is 1. The number of ether oxygens (including phenoxy) is 1. The predicted molar refractivity (Wildman–Crippen MR) is 102 cm³/mol. The molecule has 1 amide bonds. The van der Waals surface area contributed by atoms with Crippen molar-refractivity contribution in [1.29, 1.82) is 0 Å². The summed E-state index contributed by atoms with van der Waals surface area (Å²) in [6.07, 6.45) is 0.231. The van der Waals surface area contributed by atoms with Gasteiger partial charge in [-0.05, 0) is 37.6 Å². The Balaban J connectivity index is 1.73. The predicted octanol–water partition coefficient (Wildman–Crippen LogP) is 3.91. The minimum Gasteiger partial charge on any atom is -0.453 e. The highest BCUT2D eigenvalue weighted by Crippen LogP contribution is 2.19. The monoisotopic (exact) mass is 393 g/mol. The fourth-order valence-electron chi connectivity index (χ4n) is 2.13. The third-order valence-corrected chi connectivity index (χ3v) is 3.95. The van der Waals surface area contributed by atoms with Crippen LogP contribution in [0.3, 0.4) is 0 Å². The lowest BCUT2D eigenvalue weighted by Crippen LogP contribution is -2.29. The van der Waals surface area contributed by atoms with E-state index in [4.69, 9.17) is 20.9 Å². The summed E-state index contributed by atoms with van der Waals surface area (Å²) in [6.45, 7) is 7.51. The molecule has 27 heavy (non-hydrogen) atoms. The van der Waals surface area contributed by atoms with Crippen LogP contribution in [-0.4, -0.2) is 28.1 Å². The number of rotatable bonds is 7. The van der Waals surface area contributed by atoms with Crippen LogP contribution in [0.15, 0.2) is 28.8 Å². The van der Waals surface area contributed by atoms with Gasteiger partial charge in [0.1, 0.15) is 0 Å². The Labute approximate surface area is 163 Å². The zero-order valence-electron chi connectivity index (χ0n) is 15.9. The van der Waals surface area contributed by atoms with Crippen LogP contribution in [0.5, 0.6) is 0 Å². The fourth-order valence-corrected chi connectivity index (χ4v) is 2.26. The molecule has 1 atom stereocenters. The molecule has 0 aliphatic heterocycles. The van der Waals surface area contributed by atoms with E-state index >= 15 is 0 Å². The summed E-state index contributed by atoms with van der Waals surface area (Å²) in [5.74, 6) is 0.260. The van der Waals surface area contributed by atoms with Crippen molar-refractivity contribution >= 4 is 29.2 Å². The number of benzene rings is 1. The third-order valence-electron chi connectivity index (χ3n) is 3.70. The molecule has 2 aromatic rings. The molecule has 146 valence electrons. The first-order valence-corrected chi connectivity index (χ1v) is 9.12. The average Bonchev–Trinajstić information content (AvgIpc) is 3.06. The van der Waals surface area contributed by atoms with Crippen LogP contribution in [0.1, 0.15) is 52.3 Å². The molecular formula is C19H24ClN3O4. The van der Waals surface area contributed by atoms with Crippen LogP contribution >= 0.6 is 11.6 Å². The van der Waals surface area contributed by atoms with Crippen molar-refractivity contribution in [1.82, 2.24) is 10.1 Å². The smallest absolute Gasteiger partial charge is 0.306 e. The van der Waals surface area contributed by atoms with Gasteiger partial charge in [-0.25, -0.2) is 0 Å². The SMILES string of the molecule is CC(OC(=O)CCCc1nc(C(C)(C)C)no1)C(=O)Nc1ccc(Cl)cc1. The van der Waals surface area contributed by atoms with Gasteiger partial charge in [0, 0.05) is 29.0 Å². The molecule has 1 aromatic carbocycles. The van der Waals surface area contributed by atoms with E-state index in [0.717, 1.165) is 0 Å².